The van der Waals surface area contributed by atoms with E-state index in [0.717, 1.165) is 17.2 Å². The van der Waals surface area contributed by atoms with Crippen molar-refractivity contribution in [3.63, 3.8) is 0 Å². The first-order chi connectivity index (χ1) is 9.63. The fraction of sp³-hybridized carbons (Fsp3) is 0.471. The molecule has 3 nitrogen and oxygen atoms in total. The normalized spacial score (nSPS) is 16.6. The Hall–Kier alpha value is -1.61. The van der Waals surface area contributed by atoms with Crippen molar-refractivity contribution in [1.82, 2.24) is 9.78 Å². The van der Waals surface area contributed by atoms with Gasteiger partial charge in [-0.25, -0.2) is 0 Å². The van der Waals surface area contributed by atoms with Gasteiger partial charge in [-0.2, -0.15) is 5.10 Å². The predicted molar refractivity (Wildman–Crippen MR) is 79.7 cm³/mol. The maximum Gasteiger partial charge on any atom is 0.0846 e. The van der Waals surface area contributed by atoms with Crippen molar-refractivity contribution in [3.05, 3.63) is 53.3 Å². The fourth-order valence-electron chi connectivity index (χ4n) is 2.53. The average molecular weight is 270 g/mol. The molecule has 3 heteroatoms. The van der Waals surface area contributed by atoms with E-state index in [9.17, 15) is 5.11 Å². The second kappa shape index (κ2) is 5.41. The molecular weight excluding hydrogens is 248 g/mol. The van der Waals surface area contributed by atoms with Crippen LogP contribution in [0.1, 0.15) is 61.6 Å². The van der Waals surface area contributed by atoms with Gasteiger partial charge >= 0.3 is 0 Å². The highest BCUT2D eigenvalue weighted by Gasteiger charge is 2.24. The summed E-state index contributed by atoms with van der Waals surface area (Å²) in [6.07, 6.45) is 4.67. The number of hydrogen-bond donors (Lipinski definition) is 1. The summed E-state index contributed by atoms with van der Waals surface area (Å²) < 4.78 is 1.93. The third-order valence-corrected chi connectivity index (χ3v) is 3.94. The Morgan fingerprint density at radius 3 is 2.75 bits per heavy atom. The maximum atomic E-state index is 10.4. The molecule has 1 aromatic carbocycles. The van der Waals surface area contributed by atoms with Crippen LogP contribution in [0.25, 0.3) is 0 Å². The molecule has 0 radical (unpaired) electrons. The van der Waals surface area contributed by atoms with Crippen molar-refractivity contribution in [2.45, 2.75) is 51.2 Å². The Morgan fingerprint density at radius 1 is 1.30 bits per heavy atom. The predicted octanol–water partition coefficient (Wildman–Crippen LogP) is 3.62. The van der Waals surface area contributed by atoms with E-state index in [-0.39, 0.29) is 0 Å². The Kier molecular flexibility index (Phi) is 3.62. The van der Waals surface area contributed by atoms with E-state index < -0.39 is 6.10 Å². The lowest BCUT2D eigenvalue weighted by atomic mass is 10.0. The second-order valence-electron chi connectivity index (χ2n) is 6.05. The minimum Gasteiger partial charge on any atom is -0.388 e. The number of hydrogen-bond acceptors (Lipinski definition) is 2. The zero-order valence-electron chi connectivity index (χ0n) is 12.2. The molecule has 0 aliphatic heterocycles. The van der Waals surface area contributed by atoms with E-state index in [0.29, 0.717) is 12.5 Å². The number of rotatable bonds is 5. The molecule has 1 aromatic heterocycles. The summed E-state index contributed by atoms with van der Waals surface area (Å²) in [5, 5.41) is 14.9. The van der Waals surface area contributed by atoms with Crippen molar-refractivity contribution in [2.75, 3.05) is 0 Å². The molecule has 1 aliphatic rings. The van der Waals surface area contributed by atoms with Crippen LogP contribution in [0.3, 0.4) is 0 Å². The first kappa shape index (κ1) is 13.4. The molecule has 2 aromatic rings. The minimum atomic E-state index is -0.468. The SMILES string of the molecule is CC(C)n1ccc(CC(O)c2cccc(C3CC3)c2)n1. The quantitative estimate of drug-likeness (QED) is 0.901. The van der Waals surface area contributed by atoms with Gasteiger partial charge in [0.15, 0.2) is 0 Å². The summed E-state index contributed by atoms with van der Waals surface area (Å²) in [6, 6.07) is 10.7. The van der Waals surface area contributed by atoms with Crippen LogP contribution >= 0.6 is 0 Å². The molecule has 3 rings (SSSR count). The molecule has 1 atom stereocenters. The standard InChI is InChI=1S/C17H22N2O/c1-12(2)19-9-8-16(18-19)11-17(20)15-5-3-4-14(10-15)13-6-7-13/h3-5,8-10,12-13,17,20H,6-7,11H2,1-2H3. The number of nitrogens with zero attached hydrogens (tertiary/aromatic N) is 2. The molecule has 106 valence electrons. The third kappa shape index (κ3) is 2.93. The van der Waals surface area contributed by atoms with Gasteiger partial charge in [0.2, 0.25) is 0 Å². The van der Waals surface area contributed by atoms with Gasteiger partial charge < -0.3 is 5.11 Å². The minimum absolute atomic E-state index is 0.360. The summed E-state index contributed by atoms with van der Waals surface area (Å²) >= 11 is 0. The van der Waals surface area contributed by atoms with E-state index in [1.54, 1.807) is 0 Å². The fourth-order valence-corrected chi connectivity index (χ4v) is 2.53. The van der Waals surface area contributed by atoms with Gasteiger partial charge in [-0.3, -0.25) is 4.68 Å². The number of aliphatic hydroxyl groups is 1. The zero-order chi connectivity index (χ0) is 14.1. The summed E-state index contributed by atoms with van der Waals surface area (Å²) in [7, 11) is 0. The third-order valence-electron chi connectivity index (χ3n) is 3.94. The molecule has 0 spiro atoms. The summed E-state index contributed by atoms with van der Waals surface area (Å²) in [6.45, 7) is 4.21. The van der Waals surface area contributed by atoms with Crippen LogP contribution in [-0.2, 0) is 6.42 Å². The van der Waals surface area contributed by atoms with Crippen molar-refractivity contribution in [3.8, 4) is 0 Å². The number of aromatic nitrogens is 2. The zero-order valence-corrected chi connectivity index (χ0v) is 12.2. The van der Waals surface area contributed by atoms with Gasteiger partial charge in [0.25, 0.3) is 0 Å². The highest BCUT2D eigenvalue weighted by molar-refractivity contribution is 5.30. The van der Waals surface area contributed by atoms with E-state index in [1.807, 2.05) is 23.0 Å². The van der Waals surface area contributed by atoms with Crippen LogP contribution in [-0.4, -0.2) is 14.9 Å². The van der Waals surface area contributed by atoms with Gasteiger partial charge in [-0.15, -0.1) is 0 Å². The lowest BCUT2D eigenvalue weighted by Crippen LogP contribution is -2.05. The summed E-state index contributed by atoms with van der Waals surface area (Å²) in [5.41, 5.74) is 3.32. The topological polar surface area (TPSA) is 38.0 Å². The van der Waals surface area contributed by atoms with Gasteiger partial charge in [-0.1, -0.05) is 24.3 Å². The molecule has 0 bridgehead atoms. The monoisotopic (exact) mass is 270 g/mol. The van der Waals surface area contributed by atoms with Gasteiger partial charge in [-0.05, 0) is 49.8 Å². The van der Waals surface area contributed by atoms with Gasteiger partial charge in [0.1, 0.15) is 0 Å². The van der Waals surface area contributed by atoms with Crippen LogP contribution in [0.4, 0.5) is 0 Å². The Morgan fingerprint density at radius 2 is 2.10 bits per heavy atom. The summed E-state index contributed by atoms with van der Waals surface area (Å²) in [5.74, 6) is 0.724. The van der Waals surface area contributed by atoms with E-state index in [1.165, 1.54) is 18.4 Å². The van der Waals surface area contributed by atoms with Gasteiger partial charge in [0, 0.05) is 18.7 Å². The molecular formula is C17H22N2O. The maximum absolute atomic E-state index is 10.4. The number of benzene rings is 1. The number of aliphatic hydroxyl groups excluding tert-OH is 1. The van der Waals surface area contributed by atoms with Crippen LogP contribution in [0.2, 0.25) is 0 Å². The van der Waals surface area contributed by atoms with E-state index in [2.05, 4.69) is 37.1 Å². The molecule has 1 saturated carbocycles. The smallest absolute Gasteiger partial charge is 0.0846 e. The molecule has 20 heavy (non-hydrogen) atoms. The molecule has 0 amide bonds. The van der Waals surface area contributed by atoms with Gasteiger partial charge in [0.05, 0.1) is 11.8 Å². The molecule has 1 aliphatic carbocycles. The lowest BCUT2D eigenvalue weighted by Gasteiger charge is -2.11. The molecule has 0 saturated heterocycles. The second-order valence-corrected chi connectivity index (χ2v) is 6.05. The van der Waals surface area contributed by atoms with Crippen molar-refractivity contribution in [2.24, 2.45) is 0 Å². The average Bonchev–Trinajstić information content (AvgIpc) is 3.19. The highest BCUT2D eigenvalue weighted by Crippen LogP contribution is 2.40. The lowest BCUT2D eigenvalue weighted by molar-refractivity contribution is 0.176. The Labute approximate surface area is 120 Å². The van der Waals surface area contributed by atoms with Crippen molar-refractivity contribution in [1.29, 1.82) is 0 Å². The molecule has 1 fully saturated rings. The highest BCUT2D eigenvalue weighted by atomic mass is 16.3. The van der Waals surface area contributed by atoms with Crippen LogP contribution in [0.15, 0.2) is 36.5 Å². The van der Waals surface area contributed by atoms with Crippen LogP contribution < -0.4 is 0 Å². The van der Waals surface area contributed by atoms with E-state index in [4.69, 9.17) is 0 Å². The van der Waals surface area contributed by atoms with E-state index >= 15 is 0 Å². The first-order valence-electron chi connectivity index (χ1n) is 7.45. The summed E-state index contributed by atoms with van der Waals surface area (Å²) in [4.78, 5) is 0. The Balaban J connectivity index is 1.71. The first-order valence-corrected chi connectivity index (χ1v) is 7.45. The molecule has 1 N–H and O–H groups in total. The van der Waals surface area contributed by atoms with Crippen LogP contribution in [0, 0.1) is 0 Å². The molecule has 1 heterocycles. The largest absolute Gasteiger partial charge is 0.388 e. The van der Waals surface area contributed by atoms with Crippen molar-refractivity contribution >= 4 is 0 Å². The van der Waals surface area contributed by atoms with Crippen molar-refractivity contribution < 1.29 is 5.11 Å². The van der Waals surface area contributed by atoms with Crippen LogP contribution in [0.5, 0.6) is 0 Å². The Bertz CT molecular complexity index is 584. The molecule has 1 unspecified atom stereocenters.